The van der Waals surface area contributed by atoms with Crippen molar-refractivity contribution in [3.05, 3.63) is 83.4 Å². The van der Waals surface area contributed by atoms with E-state index in [0.717, 1.165) is 53.1 Å². The summed E-state index contributed by atoms with van der Waals surface area (Å²) in [6.45, 7) is -1.49. The summed E-state index contributed by atoms with van der Waals surface area (Å²) in [6, 6.07) is 11.2. The molecule has 3 aromatic rings. The fraction of sp³-hybridized carbons (Fsp3) is 0.552. The Hall–Kier alpha value is -7.70. The summed E-state index contributed by atoms with van der Waals surface area (Å²) in [5.74, 6) is -7.50. The zero-order chi connectivity index (χ0) is 58.6. The van der Waals surface area contributed by atoms with Crippen LogP contribution in [0.5, 0.6) is 0 Å². The van der Waals surface area contributed by atoms with Crippen LogP contribution in [-0.4, -0.2) is 176 Å². The number of likely N-dealkylation sites (tertiary alicyclic amines) is 2. The molecule has 4 fully saturated rings. The fourth-order valence-electron chi connectivity index (χ4n) is 12.5. The van der Waals surface area contributed by atoms with Crippen molar-refractivity contribution in [2.24, 2.45) is 34.0 Å². The number of benzene rings is 3. The Morgan fingerprint density at radius 3 is 2.00 bits per heavy atom. The number of carbonyl (C=O) groups excluding carboxylic acids is 8. The lowest BCUT2D eigenvalue weighted by atomic mass is 9.91. The van der Waals surface area contributed by atoms with Crippen LogP contribution in [-0.2, 0) is 62.5 Å². The Labute approximate surface area is 475 Å². The number of aliphatic hydroxyl groups excluding tert-OH is 2. The van der Waals surface area contributed by atoms with E-state index in [1.54, 1.807) is 18.2 Å². The summed E-state index contributed by atoms with van der Waals surface area (Å²) in [4.78, 5) is 133. The number of nitrogens with zero attached hydrogens (tertiary/aromatic N) is 4. The standard InChI is InChI=1S/C58H78N12O12/c59-41(26-33-21-22-34-11-1-6-16-37(34)25-33)50(74)64-42(19-9-23-62-58(60)61)54(78)68-24-10-20-44(68)56(80)70-31-40(72)28-46(70)51(75)63-29-47(73)66-48(35-12-2-3-13-35)53(77)65-43(32-71)55(79)69-30-39-18-8-7-17-38(39)27-45(69)52(76)67-49(57(81)82)36-14-4-5-15-36/h1,6-8,11,16-18,21-22,25,35-36,40-46,48-49,71-72H,2-5,9-10,12-15,19-20,23-24,26-32,59H2,(H,63,75)(H,64,74)(H,65,77)(H,66,73)(H,67,76)(H,81,82)(H4,60,61,62)/t40-,41+,42+,43+,44+,45-,46+,48?,49?/m1/s1. The number of nitrogens with two attached hydrogens (primary N) is 3. The van der Waals surface area contributed by atoms with Gasteiger partial charge in [-0.2, -0.15) is 0 Å². The fourth-order valence-corrected chi connectivity index (χ4v) is 12.5. The lowest BCUT2D eigenvalue weighted by Crippen LogP contribution is -2.62. The average molecular weight is 1140 g/mol. The number of hydrogen-bond acceptors (Lipinski definition) is 13. The zero-order valence-electron chi connectivity index (χ0n) is 46.1. The van der Waals surface area contributed by atoms with Gasteiger partial charge in [0.25, 0.3) is 0 Å². The van der Waals surface area contributed by atoms with E-state index < -0.39 is 121 Å². The number of fused-ring (bicyclic) bond motifs is 2. The smallest absolute Gasteiger partial charge is 0.326 e. The van der Waals surface area contributed by atoms with Crippen molar-refractivity contribution in [2.45, 2.75) is 157 Å². The number of carbonyl (C=O) groups is 9. The highest BCUT2D eigenvalue weighted by molar-refractivity contribution is 5.98. The molecule has 0 spiro atoms. The summed E-state index contributed by atoms with van der Waals surface area (Å²) in [5, 5.41) is 47.0. The van der Waals surface area contributed by atoms with Crippen LogP contribution in [0.15, 0.2) is 71.7 Å². The average Bonchev–Trinajstić information content (AvgIpc) is 4.25. The normalized spacial score (nSPS) is 21.8. The van der Waals surface area contributed by atoms with Gasteiger partial charge in [-0.3, -0.25) is 43.3 Å². The van der Waals surface area contributed by atoms with Gasteiger partial charge in [0.2, 0.25) is 47.3 Å². The molecule has 2 saturated heterocycles. The molecule has 8 amide bonds. The molecule has 3 heterocycles. The predicted octanol–water partition coefficient (Wildman–Crippen LogP) is -0.818. The Bertz CT molecular complexity index is 2870. The molecule has 3 aromatic carbocycles. The van der Waals surface area contributed by atoms with Gasteiger partial charge >= 0.3 is 5.97 Å². The van der Waals surface area contributed by atoms with Crippen LogP contribution in [0, 0.1) is 11.8 Å². The molecular formula is C58H78N12O12. The number of carboxylic acid groups (broad SMARTS) is 1. The Kier molecular flexibility index (Phi) is 20.5. The highest BCUT2D eigenvalue weighted by Gasteiger charge is 2.47. The van der Waals surface area contributed by atoms with E-state index in [0.29, 0.717) is 38.5 Å². The molecule has 5 aliphatic rings. The highest BCUT2D eigenvalue weighted by atomic mass is 16.4. The van der Waals surface area contributed by atoms with Gasteiger partial charge in [0, 0.05) is 39.0 Å². The molecule has 82 heavy (non-hydrogen) atoms. The molecule has 2 unspecified atom stereocenters. The van der Waals surface area contributed by atoms with Crippen LogP contribution in [0.3, 0.4) is 0 Å². The topological polar surface area (TPSA) is 375 Å². The maximum absolute atomic E-state index is 14.5. The number of amides is 8. The van der Waals surface area contributed by atoms with Gasteiger partial charge in [-0.05, 0) is 97.1 Å². The maximum atomic E-state index is 14.5. The summed E-state index contributed by atoms with van der Waals surface area (Å²) < 4.78 is 0. The summed E-state index contributed by atoms with van der Waals surface area (Å²) >= 11 is 0. The van der Waals surface area contributed by atoms with Gasteiger partial charge in [0.1, 0.15) is 42.3 Å². The number of aliphatic hydroxyl groups is 2. The first-order valence-electron chi connectivity index (χ1n) is 28.7. The largest absolute Gasteiger partial charge is 0.480 e. The zero-order valence-corrected chi connectivity index (χ0v) is 46.1. The first-order chi connectivity index (χ1) is 39.4. The van der Waals surface area contributed by atoms with Gasteiger partial charge < -0.3 is 73.8 Å². The number of rotatable bonds is 23. The van der Waals surface area contributed by atoms with Crippen LogP contribution < -0.4 is 43.8 Å². The molecule has 0 radical (unpaired) electrons. The molecule has 9 atom stereocenters. The third-order valence-corrected chi connectivity index (χ3v) is 16.8. The second-order valence-electron chi connectivity index (χ2n) is 22.5. The van der Waals surface area contributed by atoms with Crippen molar-refractivity contribution in [1.82, 2.24) is 41.3 Å². The van der Waals surface area contributed by atoms with Crippen LogP contribution in [0.2, 0.25) is 0 Å². The molecule has 2 saturated carbocycles. The monoisotopic (exact) mass is 1130 g/mol. The Balaban J connectivity index is 0.892. The van der Waals surface area contributed by atoms with E-state index in [1.807, 2.05) is 48.5 Å². The lowest BCUT2D eigenvalue weighted by Gasteiger charge is -2.38. The first-order valence-corrected chi connectivity index (χ1v) is 28.7. The number of guanidine groups is 1. The minimum absolute atomic E-state index is 0.0589. The summed E-state index contributed by atoms with van der Waals surface area (Å²) in [7, 11) is 0. The van der Waals surface area contributed by atoms with Crippen molar-refractivity contribution >= 4 is 70.0 Å². The van der Waals surface area contributed by atoms with E-state index >= 15 is 0 Å². The molecule has 24 nitrogen and oxygen atoms in total. The van der Waals surface area contributed by atoms with Crippen LogP contribution in [0.4, 0.5) is 0 Å². The molecule has 24 heteroatoms. The Morgan fingerprint density at radius 1 is 0.671 bits per heavy atom. The third kappa shape index (κ3) is 14.9. The van der Waals surface area contributed by atoms with E-state index in [2.05, 4.69) is 31.6 Å². The number of hydrogen-bond donors (Lipinski definition) is 11. The Morgan fingerprint density at radius 2 is 1.32 bits per heavy atom. The number of β-amino-alcohol motifs (C(OH)–C–C–N with tert-alkyl or cyclic N) is 1. The second-order valence-corrected chi connectivity index (χ2v) is 22.5. The summed E-state index contributed by atoms with van der Waals surface area (Å²) in [5.41, 5.74) is 19.8. The quantitative estimate of drug-likeness (QED) is 0.0314. The number of carboxylic acids is 1. The number of nitrogens with one attached hydrogen (secondary N) is 5. The van der Waals surface area contributed by atoms with E-state index in [1.165, 1.54) is 14.7 Å². The van der Waals surface area contributed by atoms with Crippen LogP contribution in [0.1, 0.15) is 100 Å². The van der Waals surface area contributed by atoms with Crippen molar-refractivity contribution < 1.29 is 58.5 Å². The van der Waals surface area contributed by atoms with Gasteiger partial charge in [0.15, 0.2) is 5.96 Å². The third-order valence-electron chi connectivity index (χ3n) is 16.8. The first kappa shape index (κ1) is 60.4. The predicted molar refractivity (Wildman–Crippen MR) is 300 cm³/mol. The molecular weight excluding hydrogens is 1060 g/mol. The van der Waals surface area contributed by atoms with Crippen molar-refractivity contribution in [1.29, 1.82) is 0 Å². The molecule has 2 aliphatic carbocycles. The van der Waals surface area contributed by atoms with Crippen molar-refractivity contribution in [3.63, 3.8) is 0 Å². The minimum atomic E-state index is -1.56. The van der Waals surface area contributed by atoms with Gasteiger partial charge in [0.05, 0.1) is 25.3 Å². The van der Waals surface area contributed by atoms with Crippen LogP contribution in [0.25, 0.3) is 10.8 Å². The molecule has 14 N–H and O–H groups in total. The maximum Gasteiger partial charge on any atom is 0.326 e. The SMILES string of the molecule is NC(N)=NCCC[C@H](NC(=O)[C@@H](N)Cc1ccc2ccccc2c1)C(=O)N1CCC[C@H]1C(=O)N1C[C@H](O)C[C@H]1C(=O)NCC(=O)NC(C(=O)N[C@@H](CO)C(=O)N1Cc2ccccc2C[C@@H]1C(=O)NC(C(=O)O)C1CCCC1)C1CCCC1. The van der Waals surface area contributed by atoms with E-state index in [9.17, 15) is 58.5 Å². The van der Waals surface area contributed by atoms with Crippen molar-refractivity contribution in [3.8, 4) is 0 Å². The number of aliphatic carboxylic acids is 1. The van der Waals surface area contributed by atoms with Gasteiger partial charge in [-0.25, -0.2) is 4.79 Å². The van der Waals surface area contributed by atoms with E-state index in [4.69, 9.17) is 17.2 Å². The minimum Gasteiger partial charge on any atom is -0.480 e. The molecule has 0 bridgehead atoms. The van der Waals surface area contributed by atoms with Crippen molar-refractivity contribution in [2.75, 3.05) is 32.8 Å². The molecule has 3 aliphatic heterocycles. The number of aliphatic imine (C=N–C) groups is 1. The lowest BCUT2D eigenvalue weighted by molar-refractivity contribution is -0.148. The molecule has 8 rings (SSSR count). The second kappa shape index (κ2) is 27.8. The molecule has 0 aromatic heterocycles. The van der Waals surface area contributed by atoms with Gasteiger partial charge in [-0.1, -0.05) is 92.4 Å². The van der Waals surface area contributed by atoms with Gasteiger partial charge in [-0.15, -0.1) is 0 Å². The van der Waals surface area contributed by atoms with E-state index in [-0.39, 0.29) is 76.1 Å². The highest BCUT2D eigenvalue weighted by Crippen LogP contribution is 2.32. The van der Waals surface area contributed by atoms with Crippen LogP contribution >= 0.6 is 0 Å². The molecule has 442 valence electrons. The summed E-state index contributed by atoms with van der Waals surface area (Å²) in [6.07, 6.45) is 5.52.